The fourth-order valence-electron chi connectivity index (χ4n) is 5.64. The quantitative estimate of drug-likeness (QED) is 0.199. The minimum Gasteiger partial charge on any atom is -0.374 e. The van der Waals surface area contributed by atoms with E-state index < -0.39 is 0 Å². The molecule has 0 saturated heterocycles. The smallest absolute Gasteiger partial charge is 0.135 e. The van der Waals surface area contributed by atoms with Crippen LogP contribution in [-0.2, 0) is 11.1 Å². The van der Waals surface area contributed by atoms with Crippen LogP contribution in [0.3, 0.4) is 0 Å². The molecule has 7 rings (SSSR count). The molecule has 8 heteroatoms. The number of fused-ring (bicyclic) bond motifs is 6. The molecule has 4 heterocycles. The van der Waals surface area contributed by atoms with Crippen molar-refractivity contribution in [1.29, 1.82) is 0 Å². The van der Waals surface area contributed by atoms with Crippen molar-refractivity contribution in [3.63, 3.8) is 0 Å². The summed E-state index contributed by atoms with van der Waals surface area (Å²) in [6, 6.07) is 21.4. The van der Waals surface area contributed by atoms with Crippen LogP contribution in [0.5, 0.6) is 0 Å². The summed E-state index contributed by atoms with van der Waals surface area (Å²) < 4.78 is 2.14. The van der Waals surface area contributed by atoms with Crippen molar-refractivity contribution >= 4 is 64.1 Å². The number of aryl methyl sites for hydroxylation is 2. The maximum absolute atomic E-state index is 5.13. The van der Waals surface area contributed by atoms with Gasteiger partial charge in [-0.2, -0.15) is 0 Å². The number of para-hydroxylation sites is 2. The molecule has 0 aliphatic carbocycles. The zero-order valence-corrected chi connectivity index (χ0v) is 26.6. The van der Waals surface area contributed by atoms with Crippen molar-refractivity contribution in [1.82, 2.24) is 0 Å². The Kier molecular flexibility index (Phi) is 5.98. The van der Waals surface area contributed by atoms with Gasteiger partial charge in [-0.25, -0.2) is 9.98 Å². The van der Waals surface area contributed by atoms with Gasteiger partial charge in [0.1, 0.15) is 9.34 Å². The Balaban J connectivity index is 1.30. The van der Waals surface area contributed by atoms with Crippen LogP contribution in [0, 0.1) is 13.8 Å². The Morgan fingerprint density at radius 3 is 1.35 bits per heavy atom. The van der Waals surface area contributed by atoms with Crippen molar-refractivity contribution in [2.45, 2.75) is 52.6 Å². The van der Waals surface area contributed by atoms with Crippen LogP contribution in [0.25, 0.3) is 22.3 Å². The highest BCUT2D eigenvalue weighted by molar-refractivity contribution is 7.69. The van der Waals surface area contributed by atoms with Gasteiger partial charge >= 0.3 is 0 Å². The normalized spacial score (nSPS) is 16.9. The first-order valence-electron chi connectivity index (χ1n) is 13.4. The van der Waals surface area contributed by atoms with Gasteiger partial charge in [0, 0.05) is 33.6 Å². The number of nitrogens with zero attached hydrogens (tertiary/aromatic N) is 2. The lowest BCUT2D eigenvalue weighted by Crippen LogP contribution is -2.32. The zero-order valence-electron chi connectivity index (χ0n) is 23.3. The van der Waals surface area contributed by atoms with Gasteiger partial charge in [-0.05, 0) is 76.9 Å². The Morgan fingerprint density at radius 2 is 0.950 bits per heavy atom. The number of benzene rings is 3. The average Bonchev–Trinajstić information content (AvgIpc) is 3.53. The van der Waals surface area contributed by atoms with Crippen molar-refractivity contribution in [2.75, 3.05) is 10.6 Å². The molecule has 2 aliphatic rings. The number of anilines is 2. The highest BCUT2D eigenvalue weighted by Crippen LogP contribution is 2.47. The summed E-state index contributed by atoms with van der Waals surface area (Å²) >= 11 is 0. The largest absolute Gasteiger partial charge is 0.374 e. The molecule has 0 atom stereocenters. The molecule has 0 spiro atoms. The van der Waals surface area contributed by atoms with Crippen LogP contribution >= 0.6 is 41.4 Å². The highest BCUT2D eigenvalue weighted by Gasteiger charge is 2.35. The lowest BCUT2D eigenvalue weighted by Gasteiger charge is -2.34. The minimum absolute atomic E-state index is 0.131. The topological polar surface area (TPSA) is 48.8 Å². The second-order valence-electron chi connectivity index (χ2n) is 11.6. The molecule has 0 bridgehead atoms. The molecular formula is C32H30N4S4. The van der Waals surface area contributed by atoms with E-state index in [2.05, 4.69) is 113 Å². The highest BCUT2D eigenvalue weighted by atomic mass is 32.9. The Bertz CT molecular complexity index is 1790. The van der Waals surface area contributed by atoms with Gasteiger partial charge in [0.2, 0.25) is 0 Å². The van der Waals surface area contributed by atoms with Crippen LogP contribution in [0.1, 0.15) is 48.6 Å². The van der Waals surface area contributed by atoms with E-state index in [1.165, 1.54) is 54.5 Å². The van der Waals surface area contributed by atoms with Gasteiger partial charge in [0.25, 0.3) is 0 Å². The van der Waals surface area contributed by atoms with E-state index in [1.807, 2.05) is 20.7 Å². The van der Waals surface area contributed by atoms with Gasteiger partial charge in [-0.15, -0.1) is 0 Å². The third kappa shape index (κ3) is 4.12. The number of hydrogen-bond acceptors (Lipinski definition) is 8. The standard InChI is InChI=1S/C32H30N4S4/c1-17-9-7-11-21-23-27(31(3,4)35-25(17)21)37-39-29(23)33-19-13-15-20(16-14-19)34-30-24-22-12-8-10-18(2)26(22)36-32(5,6)28(24)38-40-30/h7-16,35-36H,1-6H3. The van der Waals surface area contributed by atoms with E-state index in [0.717, 1.165) is 20.7 Å². The molecule has 2 N–H and O–H groups in total. The van der Waals surface area contributed by atoms with E-state index in [4.69, 9.17) is 9.98 Å². The van der Waals surface area contributed by atoms with Gasteiger partial charge in [0.05, 0.1) is 32.2 Å². The predicted octanol–water partition coefficient (Wildman–Crippen LogP) is 9.67. The van der Waals surface area contributed by atoms with Crippen molar-refractivity contribution < 1.29 is 0 Å². The molecule has 0 radical (unpaired) electrons. The Hall–Kier alpha value is -3.04. The van der Waals surface area contributed by atoms with Gasteiger partial charge in [0.15, 0.2) is 0 Å². The van der Waals surface area contributed by atoms with Gasteiger partial charge in [-0.1, -0.05) is 77.8 Å². The second kappa shape index (κ2) is 9.24. The number of hydrogen-bond donors (Lipinski definition) is 2. The minimum atomic E-state index is -0.131. The zero-order chi connectivity index (χ0) is 27.8. The number of nitrogens with one attached hydrogen (secondary N) is 2. The Morgan fingerprint density at radius 1 is 0.550 bits per heavy atom. The molecule has 0 amide bonds. The molecular weight excluding hydrogens is 569 g/mol. The molecule has 0 fully saturated rings. The molecule has 202 valence electrons. The van der Waals surface area contributed by atoms with Gasteiger partial charge in [-0.3, -0.25) is 0 Å². The molecule has 40 heavy (non-hydrogen) atoms. The van der Waals surface area contributed by atoms with Crippen LogP contribution in [-0.4, -0.2) is 0 Å². The van der Waals surface area contributed by atoms with E-state index in [0.29, 0.717) is 0 Å². The SMILES string of the molecule is Cc1cccc2c1NC(C)(C)c1ssc(=Nc3ccc(N=c4ssc5c4-c4cccc(C)c4NC5(C)C)cc3)c1-2. The second-order valence-corrected chi connectivity index (χ2v) is 15.8. The van der Waals surface area contributed by atoms with Crippen LogP contribution in [0.2, 0.25) is 0 Å². The average molecular weight is 599 g/mol. The fraction of sp³-hybridized carbons (Fsp3) is 0.250. The molecule has 0 saturated carbocycles. The first-order valence-corrected chi connectivity index (χ1v) is 17.7. The maximum atomic E-state index is 5.13. The predicted molar refractivity (Wildman–Crippen MR) is 175 cm³/mol. The van der Waals surface area contributed by atoms with E-state index in [1.54, 1.807) is 20.7 Å². The first kappa shape index (κ1) is 25.9. The summed E-state index contributed by atoms with van der Waals surface area (Å²) in [6.07, 6.45) is 0. The molecule has 4 nitrogen and oxygen atoms in total. The molecule has 2 aromatic heterocycles. The maximum Gasteiger partial charge on any atom is 0.135 e. The van der Waals surface area contributed by atoms with Crippen LogP contribution in [0.15, 0.2) is 70.6 Å². The third-order valence-electron chi connectivity index (χ3n) is 7.70. The molecule has 3 aromatic carbocycles. The Labute approximate surface area is 249 Å². The summed E-state index contributed by atoms with van der Waals surface area (Å²) in [5.74, 6) is 0. The van der Waals surface area contributed by atoms with Crippen molar-refractivity contribution in [3.05, 3.63) is 90.9 Å². The molecule has 0 unspecified atom stereocenters. The summed E-state index contributed by atoms with van der Waals surface area (Å²) in [5.41, 5.74) is 11.6. The molecule has 5 aromatic rings. The van der Waals surface area contributed by atoms with Crippen LogP contribution < -0.4 is 20.0 Å². The summed E-state index contributed by atoms with van der Waals surface area (Å²) in [6.45, 7) is 13.4. The lowest BCUT2D eigenvalue weighted by atomic mass is 9.88. The summed E-state index contributed by atoms with van der Waals surface area (Å²) in [7, 11) is 7.17. The number of rotatable bonds is 2. The van der Waals surface area contributed by atoms with Crippen molar-refractivity contribution in [2.24, 2.45) is 9.98 Å². The van der Waals surface area contributed by atoms with E-state index in [-0.39, 0.29) is 11.1 Å². The van der Waals surface area contributed by atoms with Gasteiger partial charge < -0.3 is 10.6 Å². The third-order valence-corrected chi connectivity index (χ3v) is 13.0. The summed E-state index contributed by atoms with van der Waals surface area (Å²) in [4.78, 5) is 13.0. The van der Waals surface area contributed by atoms with Crippen LogP contribution in [0.4, 0.5) is 22.7 Å². The summed E-state index contributed by atoms with van der Waals surface area (Å²) in [5, 5.41) is 7.53. The lowest BCUT2D eigenvalue weighted by molar-refractivity contribution is 0.618. The van der Waals surface area contributed by atoms with E-state index >= 15 is 0 Å². The molecule has 2 aliphatic heterocycles. The fourth-order valence-corrected chi connectivity index (χ4v) is 11.5. The van der Waals surface area contributed by atoms with Crippen molar-refractivity contribution in [3.8, 4) is 22.3 Å². The first-order chi connectivity index (χ1) is 19.1. The monoisotopic (exact) mass is 598 g/mol. The van der Waals surface area contributed by atoms with E-state index in [9.17, 15) is 0 Å².